The van der Waals surface area contributed by atoms with E-state index in [-0.39, 0.29) is 0 Å². The molecule has 5 aromatic carbocycles. The van der Waals surface area contributed by atoms with Crippen molar-refractivity contribution in [3.05, 3.63) is 97.2 Å². The Kier molecular flexibility index (Phi) is 3.47. The number of hydrogen-bond donors (Lipinski definition) is 1. The van der Waals surface area contributed by atoms with Gasteiger partial charge in [0.05, 0.1) is 17.6 Å². The first-order valence-corrected chi connectivity index (χ1v) is 13.1. The van der Waals surface area contributed by atoms with Crippen molar-refractivity contribution in [2.24, 2.45) is 4.99 Å². The summed E-state index contributed by atoms with van der Waals surface area (Å²) in [7, 11) is 0. The molecule has 9 rings (SSSR count). The highest BCUT2D eigenvalue weighted by molar-refractivity contribution is 7.26. The number of hydrogen-bond acceptors (Lipinski definition) is 3. The van der Waals surface area contributed by atoms with Crippen molar-refractivity contribution in [3.8, 4) is 22.3 Å². The fourth-order valence-electron chi connectivity index (χ4n) is 6.40. The predicted octanol–water partition coefficient (Wildman–Crippen LogP) is 8.28. The van der Waals surface area contributed by atoms with Crippen molar-refractivity contribution in [2.45, 2.75) is 0 Å². The van der Waals surface area contributed by atoms with Crippen molar-refractivity contribution in [1.29, 1.82) is 0 Å². The zero-order valence-corrected chi connectivity index (χ0v) is 20.1. The number of rotatable bonds is 0. The lowest BCUT2D eigenvalue weighted by Crippen LogP contribution is -2.28. The molecule has 2 aromatic heterocycles. The number of nitrogens with zero attached hydrogens (tertiary/aromatic N) is 2. The summed E-state index contributed by atoms with van der Waals surface area (Å²) in [5, 5.41) is 11.4. The van der Waals surface area contributed by atoms with Crippen LogP contribution in [0.5, 0.6) is 0 Å². The molecule has 1 aliphatic carbocycles. The van der Waals surface area contributed by atoms with Crippen LogP contribution in [0.2, 0.25) is 0 Å². The van der Waals surface area contributed by atoms with Crippen LogP contribution in [0.1, 0.15) is 0 Å². The number of benzene rings is 5. The Bertz CT molecular complexity index is 2160. The van der Waals surface area contributed by atoms with Gasteiger partial charge in [-0.3, -0.25) is 4.57 Å². The summed E-state index contributed by atoms with van der Waals surface area (Å²) in [6, 6.07) is 31.4. The molecule has 36 heavy (non-hydrogen) atoms. The van der Waals surface area contributed by atoms with Crippen LogP contribution in [0.3, 0.4) is 0 Å². The topological polar surface area (TPSA) is 29.3 Å². The molecule has 0 fully saturated rings. The minimum atomic E-state index is 0.684. The van der Waals surface area contributed by atoms with E-state index < -0.39 is 0 Å². The van der Waals surface area contributed by atoms with E-state index in [9.17, 15) is 0 Å². The van der Waals surface area contributed by atoms with E-state index in [1.165, 1.54) is 75.0 Å². The lowest BCUT2D eigenvalue weighted by atomic mass is 9.91. The molecule has 0 unspecified atom stereocenters. The summed E-state index contributed by atoms with van der Waals surface area (Å²) >= 11 is 1.88. The number of aromatic nitrogens is 1. The van der Waals surface area contributed by atoms with Crippen LogP contribution in [0.25, 0.3) is 75.0 Å². The van der Waals surface area contributed by atoms with Crippen LogP contribution in [0.15, 0.2) is 102 Å². The Morgan fingerprint density at radius 3 is 2.47 bits per heavy atom. The molecule has 1 N–H and O–H groups in total. The van der Waals surface area contributed by atoms with Crippen molar-refractivity contribution < 1.29 is 0 Å². The van der Waals surface area contributed by atoms with E-state index in [1.807, 2.05) is 17.5 Å². The highest BCUT2D eigenvalue weighted by atomic mass is 32.1. The molecule has 3 nitrogen and oxygen atoms in total. The molecule has 1 aliphatic heterocycles. The summed E-state index contributed by atoms with van der Waals surface area (Å²) in [4.78, 5) is 4.87. The SMILES string of the molecule is C1=CNC(n2c3cc4sc5ccccc5c4c4c3c3c5c(cccc5ccc32)-c2ccccc2-4)=NC1. The third-order valence-electron chi connectivity index (χ3n) is 7.78. The van der Waals surface area contributed by atoms with E-state index in [0.29, 0.717) is 6.54 Å². The summed E-state index contributed by atoms with van der Waals surface area (Å²) in [5.74, 6) is 0.884. The minimum absolute atomic E-state index is 0.684. The quantitative estimate of drug-likeness (QED) is 0.234. The van der Waals surface area contributed by atoms with Crippen LogP contribution in [0, 0.1) is 0 Å². The average Bonchev–Trinajstić information content (AvgIpc) is 3.43. The van der Waals surface area contributed by atoms with Gasteiger partial charge in [0, 0.05) is 42.7 Å². The molecule has 2 aliphatic rings. The maximum Gasteiger partial charge on any atom is 0.207 e. The predicted molar refractivity (Wildman–Crippen MR) is 154 cm³/mol. The van der Waals surface area contributed by atoms with Crippen LogP contribution < -0.4 is 5.32 Å². The lowest BCUT2D eigenvalue weighted by Gasteiger charge is -2.16. The molecule has 0 saturated heterocycles. The van der Waals surface area contributed by atoms with Gasteiger partial charge < -0.3 is 5.32 Å². The summed E-state index contributed by atoms with van der Waals surface area (Å²) < 4.78 is 4.98. The second-order valence-corrected chi connectivity index (χ2v) is 10.7. The molecular weight excluding hydrogens is 458 g/mol. The number of nitrogens with one attached hydrogen (secondary N) is 1. The van der Waals surface area contributed by atoms with Gasteiger partial charge in [0.25, 0.3) is 0 Å². The fraction of sp³-hybridized carbons (Fsp3) is 0.0312. The maximum atomic E-state index is 4.87. The number of thiophene rings is 1. The first-order valence-electron chi connectivity index (χ1n) is 12.3. The van der Waals surface area contributed by atoms with Gasteiger partial charge in [-0.1, -0.05) is 66.7 Å². The van der Waals surface area contributed by atoms with E-state index in [0.717, 1.165) is 5.96 Å². The average molecular weight is 478 g/mol. The van der Waals surface area contributed by atoms with E-state index >= 15 is 0 Å². The Hall–Kier alpha value is -4.41. The Morgan fingerprint density at radius 1 is 0.694 bits per heavy atom. The molecular formula is C32H19N3S. The van der Waals surface area contributed by atoms with Crippen LogP contribution in [-0.4, -0.2) is 17.1 Å². The molecule has 0 bridgehead atoms. The van der Waals surface area contributed by atoms with Crippen molar-refractivity contribution >= 4 is 70.0 Å². The Labute approximate surface area is 210 Å². The third-order valence-corrected chi connectivity index (χ3v) is 8.89. The Morgan fingerprint density at radius 2 is 1.56 bits per heavy atom. The van der Waals surface area contributed by atoms with Gasteiger partial charge in [0.15, 0.2) is 0 Å². The van der Waals surface area contributed by atoms with Crippen molar-refractivity contribution in [2.75, 3.05) is 6.54 Å². The molecule has 0 amide bonds. The zero-order chi connectivity index (χ0) is 23.4. The molecule has 0 saturated carbocycles. The van der Waals surface area contributed by atoms with E-state index in [1.54, 1.807) is 0 Å². The standard InChI is InChI=1S/C32H19N3S/c1-2-9-21-19(8-1)20-11-5-7-18-13-14-23-30(27(18)20)31-24(35(23)32-33-15-6-16-34-32)17-26-28(29(21)31)22-10-3-4-12-25(22)36-26/h1-15,17H,16H2,(H,33,34). The highest BCUT2D eigenvalue weighted by Crippen LogP contribution is 2.53. The lowest BCUT2D eigenvalue weighted by molar-refractivity contribution is 1.02. The molecule has 3 heterocycles. The highest BCUT2D eigenvalue weighted by Gasteiger charge is 2.28. The third kappa shape index (κ3) is 2.21. The van der Waals surface area contributed by atoms with Crippen molar-refractivity contribution in [3.63, 3.8) is 0 Å². The summed E-state index contributed by atoms with van der Waals surface area (Å²) in [5.41, 5.74) is 7.66. The largest absolute Gasteiger partial charge is 0.332 e. The summed E-state index contributed by atoms with van der Waals surface area (Å²) in [6.45, 7) is 0.684. The summed E-state index contributed by atoms with van der Waals surface area (Å²) in [6.07, 6.45) is 4.06. The molecule has 0 spiro atoms. The minimum Gasteiger partial charge on any atom is -0.332 e. The first kappa shape index (κ1) is 18.9. The first-order chi connectivity index (χ1) is 17.9. The molecule has 7 aromatic rings. The second-order valence-electron chi connectivity index (χ2n) is 9.57. The van der Waals surface area contributed by atoms with Gasteiger partial charge in [-0.05, 0) is 51.7 Å². The number of aliphatic imine (C=N–C) groups is 1. The Balaban J connectivity index is 1.65. The monoisotopic (exact) mass is 477 g/mol. The second kappa shape index (κ2) is 6.62. The van der Waals surface area contributed by atoms with Crippen LogP contribution >= 0.6 is 11.3 Å². The van der Waals surface area contributed by atoms with Crippen LogP contribution in [0.4, 0.5) is 0 Å². The fourth-order valence-corrected chi connectivity index (χ4v) is 7.55. The van der Waals surface area contributed by atoms with Gasteiger partial charge in [-0.2, -0.15) is 0 Å². The van der Waals surface area contributed by atoms with Crippen LogP contribution in [-0.2, 0) is 0 Å². The van der Waals surface area contributed by atoms with Gasteiger partial charge in [-0.15, -0.1) is 11.3 Å². The normalized spacial score (nSPS) is 14.3. The van der Waals surface area contributed by atoms with Gasteiger partial charge >= 0.3 is 0 Å². The number of fused-ring (bicyclic) bond motifs is 7. The molecule has 168 valence electrons. The smallest absolute Gasteiger partial charge is 0.207 e. The molecule has 0 radical (unpaired) electrons. The van der Waals surface area contributed by atoms with Gasteiger partial charge in [0.1, 0.15) is 0 Å². The maximum absolute atomic E-state index is 4.87. The van der Waals surface area contributed by atoms with Crippen molar-refractivity contribution in [1.82, 2.24) is 9.88 Å². The molecule has 4 heteroatoms. The zero-order valence-electron chi connectivity index (χ0n) is 19.2. The van der Waals surface area contributed by atoms with Gasteiger partial charge in [-0.25, -0.2) is 4.99 Å². The van der Waals surface area contributed by atoms with E-state index in [4.69, 9.17) is 4.99 Å². The van der Waals surface area contributed by atoms with E-state index in [2.05, 4.69) is 101 Å². The van der Waals surface area contributed by atoms with Gasteiger partial charge in [0.2, 0.25) is 5.96 Å². The molecule has 0 atom stereocenters.